The zero-order chi connectivity index (χ0) is 14.6. The smallest absolute Gasteiger partial charge is 0.247 e. The Morgan fingerprint density at radius 3 is 2.90 bits per heavy atom. The number of nitrogens with two attached hydrogens (primary N) is 1. The molecule has 3 heterocycles. The van der Waals surface area contributed by atoms with Crippen molar-refractivity contribution < 1.29 is 4.79 Å². The normalized spacial score (nSPS) is 40.6. The van der Waals surface area contributed by atoms with Crippen molar-refractivity contribution in [3.63, 3.8) is 0 Å². The van der Waals surface area contributed by atoms with Crippen molar-refractivity contribution in [2.45, 2.75) is 24.4 Å². The van der Waals surface area contributed by atoms with Gasteiger partial charge in [-0.2, -0.15) is 0 Å². The minimum atomic E-state index is -0.678. The zero-order valence-corrected chi connectivity index (χ0v) is 12.3. The van der Waals surface area contributed by atoms with Crippen LogP contribution in [-0.4, -0.2) is 42.2 Å². The second kappa shape index (κ2) is 4.41. The minimum absolute atomic E-state index is 0.156. The predicted octanol–water partition coefficient (Wildman–Crippen LogP) is 1.10. The van der Waals surface area contributed by atoms with Gasteiger partial charge in [-0.15, -0.1) is 0 Å². The highest BCUT2D eigenvalue weighted by atomic mass is 16.1. The second-order valence-electron chi connectivity index (χ2n) is 6.80. The number of rotatable bonds is 3. The summed E-state index contributed by atoms with van der Waals surface area (Å²) in [5, 5.41) is 0. The summed E-state index contributed by atoms with van der Waals surface area (Å²) < 4.78 is 0. The topological polar surface area (TPSA) is 58.7 Å². The van der Waals surface area contributed by atoms with Gasteiger partial charge in [0.1, 0.15) is 0 Å². The van der Waals surface area contributed by atoms with Crippen molar-refractivity contribution in [3.05, 3.63) is 35.9 Å². The van der Waals surface area contributed by atoms with E-state index in [0.29, 0.717) is 17.8 Å². The number of likely N-dealkylation sites (N-methyl/N-ethyl adjacent to an activating group) is 1. The molecule has 3 aliphatic heterocycles. The number of hydrogen-bond acceptors (Lipinski definition) is 3. The van der Waals surface area contributed by atoms with Gasteiger partial charge in [-0.1, -0.05) is 30.3 Å². The Kier molecular flexibility index (Phi) is 2.73. The number of hydrogen-bond donors (Lipinski definition) is 1. The van der Waals surface area contributed by atoms with Crippen LogP contribution in [0.5, 0.6) is 0 Å². The molecule has 5 rings (SSSR count). The van der Waals surface area contributed by atoms with Crippen molar-refractivity contribution in [2.75, 3.05) is 13.6 Å². The summed E-state index contributed by atoms with van der Waals surface area (Å²) in [6.45, 7) is 0.937. The molecule has 4 aliphatic rings. The van der Waals surface area contributed by atoms with Crippen LogP contribution in [0.15, 0.2) is 35.3 Å². The minimum Gasteiger partial charge on any atom is -0.367 e. The van der Waals surface area contributed by atoms with E-state index in [2.05, 4.69) is 41.2 Å². The van der Waals surface area contributed by atoms with Crippen LogP contribution >= 0.6 is 0 Å². The van der Waals surface area contributed by atoms with Crippen LogP contribution in [0.4, 0.5) is 0 Å². The van der Waals surface area contributed by atoms with E-state index in [1.807, 2.05) is 12.3 Å². The molecular formula is C17H21N3O. The van der Waals surface area contributed by atoms with Gasteiger partial charge >= 0.3 is 0 Å². The first kappa shape index (κ1) is 13.0. The van der Waals surface area contributed by atoms with E-state index in [9.17, 15) is 4.79 Å². The summed E-state index contributed by atoms with van der Waals surface area (Å²) in [7, 11) is 2.11. The van der Waals surface area contributed by atoms with Crippen LogP contribution in [0.2, 0.25) is 0 Å². The summed E-state index contributed by atoms with van der Waals surface area (Å²) in [6, 6.07) is 10.7. The maximum absolute atomic E-state index is 12.2. The van der Waals surface area contributed by atoms with Gasteiger partial charge in [-0.05, 0) is 37.3 Å². The first-order valence-corrected chi connectivity index (χ1v) is 7.72. The lowest BCUT2D eigenvalue weighted by molar-refractivity contribution is -0.128. The molecule has 1 saturated carbocycles. The first-order chi connectivity index (χ1) is 10.1. The lowest BCUT2D eigenvalue weighted by atomic mass is 9.60. The molecule has 1 aliphatic carbocycles. The molecular weight excluding hydrogens is 262 g/mol. The number of carbonyl (C=O) groups is 1. The number of benzene rings is 1. The molecule has 5 atom stereocenters. The molecule has 21 heavy (non-hydrogen) atoms. The van der Waals surface area contributed by atoms with Crippen LogP contribution < -0.4 is 5.73 Å². The van der Waals surface area contributed by atoms with E-state index in [4.69, 9.17) is 5.73 Å². The van der Waals surface area contributed by atoms with Crippen molar-refractivity contribution in [1.29, 1.82) is 0 Å². The van der Waals surface area contributed by atoms with Crippen molar-refractivity contribution >= 4 is 12.1 Å². The summed E-state index contributed by atoms with van der Waals surface area (Å²) in [5.74, 6) is 0.967. The van der Waals surface area contributed by atoms with Crippen LogP contribution in [-0.2, 0) is 11.2 Å². The van der Waals surface area contributed by atoms with Gasteiger partial charge in [0, 0.05) is 24.7 Å². The number of amides is 1. The Morgan fingerprint density at radius 2 is 2.19 bits per heavy atom. The molecule has 0 radical (unpaired) electrons. The van der Waals surface area contributed by atoms with E-state index < -0.39 is 5.54 Å². The van der Waals surface area contributed by atoms with Gasteiger partial charge in [0.15, 0.2) is 5.54 Å². The SMILES string of the molecule is CN1CC2CC3C=NC2(C(N)=O)C1C3Cc1ccccc1. The molecule has 4 bridgehead atoms. The van der Waals surface area contributed by atoms with Crippen LogP contribution in [0.1, 0.15) is 12.0 Å². The number of nitrogens with zero attached hydrogens (tertiary/aromatic N) is 2. The Hall–Kier alpha value is -1.68. The molecule has 110 valence electrons. The average molecular weight is 283 g/mol. The molecule has 1 amide bonds. The Bertz CT molecular complexity index is 599. The molecule has 1 saturated heterocycles. The van der Waals surface area contributed by atoms with E-state index in [1.165, 1.54) is 5.56 Å². The summed E-state index contributed by atoms with van der Waals surface area (Å²) in [6.07, 6.45) is 4.06. The van der Waals surface area contributed by atoms with Gasteiger partial charge in [-0.3, -0.25) is 14.7 Å². The highest BCUT2D eigenvalue weighted by molar-refractivity contribution is 5.91. The number of likely N-dealkylation sites (tertiary alicyclic amines) is 1. The molecule has 2 fully saturated rings. The fourth-order valence-corrected chi connectivity index (χ4v) is 4.95. The van der Waals surface area contributed by atoms with Crippen LogP contribution in [0.25, 0.3) is 0 Å². The van der Waals surface area contributed by atoms with Gasteiger partial charge in [0.05, 0.1) is 0 Å². The van der Waals surface area contributed by atoms with Crippen molar-refractivity contribution in [2.24, 2.45) is 28.5 Å². The quantitative estimate of drug-likeness (QED) is 0.903. The van der Waals surface area contributed by atoms with Crippen LogP contribution in [0, 0.1) is 17.8 Å². The third-order valence-electron chi connectivity index (χ3n) is 5.76. The third-order valence-corrected chi connectivity index (χ3v) is 5.76. The van der Waals surface area contributed by atoms with Gasteiger partial charge in [-0.25, -0.2) is 0 Å². The lowest BCUT2D eigenvalue weighted by Gasteiger charge is -2.50. The predicted molar refractivity (Wildman–Crippen MR) is 82.1 cm³/mol. The van der Waals surface area contributed by atoms with Crippen molar-refractivity contribution in [3.8, 4) is 0 Å². The van der Waals surface area contributed by atoms with E-state index in [0.717, 1.165) is 19.4 Å². The molecule has 2 N–H and O–H groups in total. The Labute approximate surface area is 125 Å². The standard InChI is InChI=1S/C17H21N3O/c1-20-10-13-8-12-9-19-17(13,16(18)21)15(20)14(12)7-11-5-3-2-4-6-11/h2-6,9,12-15H,7-8,10H2,1H3,(H2,18,21). The molecule has 1 aromatic carbocycles. The lowest BCUT2D eigenvalue weighted by Crippen LogP contribution is -2.65. The fourth-order valence-electron chi connectivity index (χ4n) is 4.95. The average Bonchev–Trinajstić information content (AvgIpc) is 2.72. The van der Waals surface area contributed by atoms with E-state index in [-0.39, 0.29) is 11.9 Å². The maximum Gasteiger partial charge on any atom is 0.247 e. The first-order valence-electron chi connectivity index (χ1n) is 7.72. The van der Waals surface area contributed by atoms with Crippen LogP contribution in [0.3, 0.4) is 0 Å². The zero-order valence-electron chi connectivity index (χ0n) is 12.3. The van der Waals surface area contributed by atoms with E-state index in [1.54, 1.807) is 0 Å². The monoisotopic (exact) mass is 283 g/mol. The largest absolute Gasteiger partial charge is 0.367 e. The number of carbonyl (C=O) groups excluding carboxylic acids is 1. The third kappa shape index (κ3) is 1.65. The summed E-state index contributed by atoms with van der Waals surface area (Å²) in [5.41, 5.74) is 6.45. The molecule has 4 heteroatoms. The molecule has 1 aromatic rings. The second-order valence-corrected chi connectivity index (χ2v) is 6.80. The fraction of sp³-hybridized carbons (Fsp3) is 0.529. The maximum atomic E-state index is 12.2. The molecule has 0 aromatic heterocycles. The Morgan fingerprint density at radius 1 is 1.43 bits per heavy atom. The number of primary amides is 1. The van der Waals surface area contributed by atoms with Gasteiger partial charge < -0.3 is 5.73 Å². The summed E-state index contributed by atoms with van der Waals surface area (Å²) >= 11 is 0. The summed E-state index contributed by atoms with van der Waals surface area (Å²) in [4.78, 5) is 19.2. The van der Waals surface area contributed by atoms with Gasteiger partial charge in [0.2, 0.25) is 5.91 Å². The molecule has 4 nitrogen and oxygen atoms in total. The van der Waals surface area contributed by atoms with Crippen molar-refractivity contribution in [1.82, 2.24) is 4.90 Å². The highest BCUT2D eigenvalue weighted by Crippen LogP contribution is 2.53. The highest BCUT2D eigenvalue weighted by Gasteiger charge is 2.65. The molecule has 0 spiro atoms. The number of aliphatic imine (C=N–C) groups is 1. The van der Waals surface area contributed by atoms with Gasteiger partial charge in [0.25, 0.3) is 0 Å². The Balaban J connectivity index is 1.74. The van der Waals surface area contributed by atoms with E-state index >= 15 is 0 Å². The molecule has 5 unspecified atom stereocenters.